The Morgan fingerprint density at radius 2 is 2.29 bits per heavy atom. The maximum Gasteiger partial charge on any atom is 0.327 e. The first-order valence-electron chi connectivity index (χ1n) is 7.36. The van der Waals surface area contributed by atoms with E-state index in [0.717, 1.165) is 23.0 Å². The molecule has 0 aliphatic heterocycles. The summed E-state index contributed by atoms with van der Waals surface area (Å²) in [6, 6.07) is 0.228. The Labute approximate surface area is 134 Å². The molecule has 0 spiro atoms. The molecule has 5 nitrogen and oxygen atoms in total. The van der Waals surface area contributed by atoms with Crippen molar-refractivity contribution in [3.63, 3.8) is 0 Å². The first kappa shape index (κ1) is 16.7. The SMILES string of the molecule is CCOC(=O)C(CSc1nc(C)ns1)(NC(C)C)C1CC1. The van der Waals surface area contributed by atoms with E-state index in [1.807, 2.05) is 13.8 Å². The zero-order valence-corrected chi connectivity index (χ0v) is 14.6. The average molecular weight is 329 g/mol. The maximum atomic E-state index is 12.6. The second-order valence-corrected chi connectivity index (χ2v) is 7.64. The number of thioether (sulfide) groups is 1. The molecular formula is C14H23N3O2S2. The van der Waals surface area contributed by atoms with Crippen molar-refractivity contribution < 1.29 is 9.53 Å². The van der Waals surface area contributed by atoms with E-state index in [2.05, 4.69) is 28.5 Å². The van der Waals surface area contributed by atoms with Crippen molar-refractivity contribution in [1.29, 1.82) is 0 Å². The second-order valence-electron chi connectivity index (χ2n) is 5.66. The zero-order valence-electron chi connectivity index (χ0n) is 13.0. The standard InChI is InChI=1S/C14H23N3O2S2/c1-5-19-12(18)14(11-6-7-11,16-9(2)3)8-20-13-15-10(4)17-21-13/h9,11,16H,5-8H2,1-4H3. The molecule has 1 aromatic heterocycles. The van der Waals surface area contributed by atoms with Gasteiger partial charge in [0.05, 0.1) is 6.61 Å². The third kappa shape index (κ3) is 4.17. The van der Waals surface area contributed by atoms with Crippen LogP contribution in [0.15, 0.2) is 4.34 Å². The van der Waals surface area contributed by atoms with Gasteiger partial charge in [-0.15, -0.1) is 0 Å². The molecule has 0 bridgehead atoms. The lowest BCUT2D eigenvalue weighted by Crippen LogP contribution is -2.59. The quantitative estimate of drug-likeness (QED) is 0.584. The molecule has 1 heterocycles. The average Bonchev–Trinajstić information content (AvgIpc) is 3.18. The molecule has 1 fully saturated rings. The van der Waals surface area contributed by atoms with Gasteiger partial charge in [-0.1, -0.05) is 11.8 Å². The smallest absolute Gasteiger partial charge is 0.327 e. The Bertz CT molecular complexity index is 488. The number of hydrogen-bond acceptors (Lipinski definition) is 7. The van der Waals surface area contributed by atoms with Crippen LogP contribution in [0.5, 0.6) is 0 Å². The molecule has 0 aromatic carbocycles. The highest BCUT2D eigenvalue weighted by atomic mass is 32.2. The van der Waals surface area contributed by atoms with Crippen molar-refractivity contribution in [3.05, 3.63) is 5.82 Å². The predicted molar refractivity (Wildman–Crippen MR) is 85.7 cm³/mol. The number of ether oxygens (including phenoxy) is 1. The lowest BCUT2D eigenvalue weighted by Gasteiger charge is -2.34. The van der Waals surface area contributed by atoms with Crippen LogP contribution in [0, 0.1) is 12.8 Å². The van der Waals surface area contributed by atoms with Gasteiger partial charge in [-0.05, 0) is 58.0 Å². The largest absolute Gasteiger partial charge is 0.465 e. The van der Waals surface area contributed by atoms with E-state index in [1.165, 1.54) is 11.5 Å². The van der Waals surface area contributed by atoms with Crippen molar-refractivity contribution in [2.75, 3.05) is 12.4 Å². The number of nitrogens with one attached hydrogen (secondary N) is 1. The van der Waals surface area contributed by atoms with Gasteiger partial charge in [0.25, 0.3) is 0 Å². The van der Waals surface area contributed by atoms with Gasteiger partial charge in [0, 0.05) is 11.8 Å². The van der Waals surface area contributed by atoms with Gasteiger partial charge in [0.2, 0.25) is 0 Å². The number of aryl methyl sites for hydroxylation is 1. The molecule has 1 aliphatic rings. The topological polar surface area (TPSA) is 64.1 Å². The number of carbonyl (C=O) groups excluding carboxylic acids is 1. The van der Waals surface area contributed by atoms with Gasteiger partial charge in [0.1, 0.15) is 11.4 Å². The van der Waals surface area contributed by atoms with Crippen molar-refractivity contribution in [2.45, 2.75) is 56.5 Å². The number of nitrogens with zero attached hydrogens (tertiary/aromatic N) is 2. The van der Waals surface area contributed by atoms with Crippen LogP contribution in [0.3, 0.4) is 0 Å². The highest BCUT2D eigenvalue weighted by Crippen LogP contribution is 2.43. The Morgan fingerprint density at radius 3 is 2.76 bits per heavy atom. The Balaban J connectivity index is 2.14. The van der Waals surface area contributed by atoms with Crippen LogP contribution in [0.1, 0.15) is 39.4 Å². The van der Waals surface area contributed by atoms with Crippen LogP contribution >= 0.6 is 23.3 Å². The monoisotopic (exact) mass is 329 g/mol. The molecule has 118 valence electrons. The summed E-state index contributed by atoms with van der Waals surface area (Å²) < 4.78 is 10.5. The maximum absolute atomic E-state index is 12.6. The van der Waals surface area contributed by atoms with Gasteiger partial charge in [-0.25, -0.2) is 4.98 Å². The third-order valence-corrected chi connectivity index (χ3v) is 5.51. The minimum absolute atomic E-state index is 0.130. The highest BCUT2D eigenvalue weighted by molar-refractivity contribution is 8.01. The zero-order chi connectivity index (χ0) is 15.5. The van der Waals surface area contributed by atoms with Crippen LogP contribution in [-0.2, 0) is 9.53 Å². The summed E-state index contributed by atoms with van der Waals surface area (Å²) in [4.78, 5) is 16.9. The van der Waals surface area contributed by atoms with E-state index in [4.69, 9.17) is 4.74 Å². The number of aromatic nitrogens is 2. The van der Waals surface area contributed by atoms with E-state index in [0.29, 0.717) is 18.3 Å². The molecule has 0 radical (unpaired) electrons. The molecule has 1 unspecified atom stereocenters. The van der Waals surface area contributed by atoms with Gasteiger partial charge < -0.3 is 4.74 Å². The van der Waals surface area contributed by atoms with Crippen LogP contribution in [-0.4, -0.2) is 39.3 Å². The number of carbonyl (C=O) groups is 1. The summed E-state index contributed by atoms with van der Waals surface area (Å²) in [5, 5.41) is 3.48. The van der Waals surface area contributed by atoms with Crippen LogP contribution in [0.4, 0.5) is 0 Å². The molecule has 1 atom stereocenters. The van der Waals surface area contributed by atoms with Gasteiger partial charge in [-0.2, -0.15) is 4.37 Å². The molecule has 21 heavy (non-hydrogen) atoms. The molecule has 1 saturated carbocycles. The van der Waals surface area contributed by atoms with E-state index >= 15 is 0 Å². The molecule has 7 heteroatoms. The predicted octanol–water partition coefficient (Wildman–Crippen LogP) is 2.65. The third-order valence-electron chi connectivity index (χ3n) is 3.39. The van der Waals surface area contributed by atoms with E-state index in [1.54, 1.807) is 11.8 Å². The fraction of sp³-hybridized carbons (Fsp3) is 0.786. The fourth-order valence-corrected chi connectivity index (χ4v) is 4.33. The van der Waals surface area contributed by atoms with Crippen LogP contribution in [0.25, 0.3) is 0 Å². The van der Waals surface area contributed by atoms with Crippen LogP contribution < -0.4 is 5.32 Å². The summed E-state index contributed by atoms with van der Waals surface area (Å²) in [6.45, 7) is 8.28. The highest BCUT2D eigenvalue weighted by Gasteiger charge is 2.52. The molecule has 0 amide bonds. The summed E-state index contributed by atoms with van der Waals surface area (Å²) in [6.07, 6.45) is 2.16. The second kappa shape index (κ2) is 7.07. The molecular weight excluding hydrogens is 306 g/mol. The number of rotatable bonds is 8. The van der Waals surface area contributed by atoms with E-state index in [9.17, 15) is 4.79 Å². The van der Waals surface area contributed by atoms with E-state index in [-0.39, 0.29) is 12.0 Å². The summed E-state index contributed by atoms with van der Waals surface area (Å²) in [5.41, 5.74) is -0.603. The van der Waals surface area contributed by atoms with Crippen LogP contribution in [0.2, 0.25) is 0 Å². The van der Waals surface area contributed by atoms with Gasteiger partial charge in [0.15, 0.2) is 4.34 Å². The Morgan fingerprint density at radius 1 is 1.57 bits per heavy atom. The molecule has 1 aromatic rings. The van der Waals surface area contributed by atoms with Crippen molar-refractivity contribution >= 4 is 29.3 Å². The summed E-state index contributed by atoms with van der Waals surface area (Å²) in [5.74, 6) is 1.66. The van der Waals surface area contributed by atoms with Crippen molar-refractivity contribution in [2.24, 2.45) is 5.92 Å². The van der Waals surface area contributed by atoms with E-state index < -0.39 is 5.54 Å². The molecule has 2 rings (SSSR count). The van der Waals surface area contributed by atoms with Crippen molar-refractivity contribution in [3.8, 4) is 0 Å². The lowest BCUT2D eigenvalue weighted by molar-refractivity contribution is -0.151. The number of hydrogen-bond donors (Lipinski definition) is 1. The lowest BCUT2D eigenvalue weighted by atomic mass is 9.94. The number of esters is 1. The molecule has 1 N–H and O–H groups in total. The molecule has 0 saturated heterocycles. The Hall–Kier alpha value is -0.660. The molecule has 1 aliphatic carbocycles. The summed E-state index contributed by atoms with van der Waals surface area (Å²) in [7, 11) is 0. The Kier molecular flexibility index (Phi) is 5.62. The minimum Gasteiger partial charge on any atom is -0.465 e. The first-order chi connectivity index (χ1) is 9.98. The van der Waals surface area contributed by atoms with Gasteiger partial charge >= 0.3 is 5.97 Å². The van der Waals surface area contributed by atoms with Crippen molar-refractivity contribution in [1.82, 2.24) is 14.7 Å². The first-order valence-corrected chi connectivity index (χ1v) is 9.12. The normalized spacial score (nSPS) is 17.8. The minimum atomic E-state index is -0.603. The van der Waals surface area contributed by atoms with Gasteiger partial charge in [-0.3, -0.25) is 10.1 Å². The fourth-order valence-electron chi connectivity index (χ4n) is 2.43. The summed E-state index contributed by atoms with van der Waals surface area (Å²) >= 11 is 2.98.